The van der Waals surface area contributed by atoms with Crippen molar-refractivity contribution in [2.45, 2.75) is 11.4 Å². The summed E-state index contributed by atoms with van der Waals surface area (Å²) in [7, 11) is 1.69. The third kappa shape index (κ3) is 2.68. The Morgan fingerprint density at radius 1 is 1.69 bits per heavy atom. The number of rotatable bonds is 4. The second kappa shape index (κ2) is 4.59. The zero-order chi connectivity index (χ0) is 9.84. The van der Waals surface area contributed by atoms with Gasteiger partial charge in [0.2, 0.25) is 0 Å². The Hall–Kier alpha value is -0.590. The molecular weight excluding hydrogens is 192 g/mol. The topological polar surface area (TPSA) is 78.4 Å². The molecule has 1 rings (SSSR count). The molecule has 0 amide bonds. The van der Waals surface area contributed by atoms with Gasteiger partial charge in [0.05, 0.1) is 6.54 Å². The van der Waals surface area contributed by atoms with E-state index in [1.54, 1.807) is 7.05 Å². The zero-order valence-electron chi connectivity index (χ0n) is 7.24. The highest BCUT2D eigenvalue weighted by molar-refractivity contribution is 8.00. The van der Waals surface area contributed by atoms with Gasteiger partial charge in [0, 0.05) is 5.75 Å². The van der Waals surface area contributed by atoms with Crippen molar-refractivity contribution in [3.8, 4) is 0 Å². The first-order valence-electron chi connectivity index (χ1n) is 3.93. The molecule has 13 heavy (non-hydrogen) atoms. The number of carbonyl (C=O) groups excluding carboxylic acids is 1. The fourth-order valence-corrected chi connectivity index (χ4v) is 2.22. The Kier molecular flexibility index (Phi) is 3.71. The van der Waals surface area contributed by atoms with E-state index in [0.717, 1.165) is 0 Å². The lowest BCUT2D eigenvalue weighted by atomic mass is 10.3. The van der Waals surface area contributed by atoms with E-state index in [1.165, 1.54) is 11.8 Å². The molecule has 0 spiro atoms. The Labute approximate surface area is 80.3 Å². The molecule has 2 unspecified atom stereocenters. The lowest BCUT2D eigenvalue weighted by Gasteiger charge is -2.08. The van der Waals surface area contributed by atoms with Crippen molar-refractivity contribution in [1.82, 2.24) is 10.6 Å². The molecule has 1 aliphatic rings. The van der Waals surface area contributed by atoms with Crippen LogP contribution in [0.4, 0.5) is 0 Å². The first-order chi connectivity index (χ1) is 6.15. The van der Waals surface area contributed by atoms with Crippen LogP contribution in [0.5, 0.6) is 0 Å². The minimum atomic E-state index is -0.896. The fourth-order valence-electron chi connectivity index (χ4n) is 1.07. The van der Waals surface area contributed by atoms with E-state index in [-0.39, 0.29) is 17.7 Å². The third-order valence-corrected chi connectivity index (χ3v) is 2.98. The van der Waals surface area contributed by atoms with Gasteiger partial charge in [-0.15, -0.1) is 11.8 Å². The Balaban J connectivity index is 2.40. The number of likely N-dealkylation sites (N-methyl/N-ethyl adjacent to an activating group) is 1. The van der Waals surface area contributed by atoms with Crippen molar-refractivity contribution in [3.63, 3.8) is 0 Å². The number of thioether (sulfide) groups is 1. The van der Waals surface area contributed by atoms with Gasteiger partial charge >= 0.3 is 5.97 Å². The van der Waals surface area contributed by atoms with Crippen LogP contribution in [0.25, 0.3) is 0 Å². The molecule has 0 aromatic rings. The molecule has 0 aromatic carbocycles. The van der Waals surface area contributed by atoms with Gasteiger partial charge in [0.1, 0.15) is 11.4 Å². The summed E-state index contributed by atoms with van der Waals surface area (Å²) in [6.07, 6.45) is 0. The minimum absolute atomic E-state index is 0.00347. The maximum atomic E-state index is 11.3. The monoisotopic (exact) mass is 204 g/mol. The van der Waals surface area contributed by atoms with Crippen LogP contribution >= 0.6 is 11.8 Å². The van der Waals surface area contributed by atoms with Gasteiger partial charge in [-0.3, -0.25) is 14.9 Å². The van der Waals surface area contributed by atoms with Crippen LogP contribution in [0.15, 0.2) is 0 Å². The second-order valence-corrected chi connectivity index (χ2v) is 3.91. The fraction of sp³-hybridized carbons (Fsp3) is 0.714. The Morgan fingerprint density at radius 3 is 2.85 bits per heavy atom. The smallest absolute Gasteiger partial charge is 0.321 e. The highest BCUT2D eigenvalue weighted by atomic mass is 32.2. The molecule has 0 saturated carbocycles. The summed E-state index contributed by atoms with van der Waals surface area (Å²) < 4.78 is 0. The van der Waals surface area contributed by atoms with Crippen molar-refractivity contribution in [2.24, 2.45) is 0 Å². The zero-order valence-corrected chi connectivity index (χ0v) is 8.06. The van der Waals surface area contributed by atoms with E-state index >= 15 is 0 Å². The Morgan fingerprint density at radius 2 is 2.38 bits per heavy atom. The van der Waals surface area contributed by atoms with E-state index in [0.29, 0.717) is 5.75 Å². The molecule has 5 nitrogen and oxygen atoms in total. The second-order valence-electron chi connectivity index (χ2n) is 2.77. The van der Waals surface area contributed by atoms with Crippen LogP contribution in [-0.4, -0.2) is 47.6 Å². The summed E-state index contributed by atoms with van der Waals surface area (Å²) >= 11 is 1.35. The van der Waals surface area contributed by atoms with Gasteiger partial charge in [-0.05, 0) is 7.05 Å². The predicted molar refractivity (Wildman–Crippen MR) is 49.7 cm³/mol. The number of carbonyl (C=O) groups is 2. The highest BCUT2D eigenvalue weighted by Crippen LogP contribution is 2.19. The molecule has 1 saturated heterocycles. The maximum absolute atomic E-state index is 11.3. The number of ketones is 1. The molecule has 0 bridgehead atoms. The van der Waals surface area contributed by atoms with Gasteiger partial charge in [-0.25, -0.2) is 0 Å². The summed E-state index contributed by atoms with van der Waals surface area (Å²) in [4.78, 5) is 21.8. The quantitative estimate of drug-likeness (QED) is 0.539. The van der Waals surface area contributed by atoms with Crippen molar-refractivity contribution in [2.75, 3.05) is 19.3 Å². The van der Waals surface area contributed by atoms with E-state index < -0.39 is 12.0 Å². The number of carboxylic acid groups (broad SMARTS) is 1. The molecule has 2 atom stereocenters. The minimum Gasteiger partial charge on any atom is -0.480 e. The SMILES string of the molecule is CNCC(=O)C1NC(C(=O)O)CS1. The van der Waals surface area contributed by atoms with Crippen molar-refractivity contribution in [1.29, 1.82) is 0 Å². The average Bonchev–Trinajstić information content (AvgIpc) is 2.52. The van der Waals surface area contributed by atoms with Gasteiger partial charge in [0.25, 0.3) is 0 Å². The summed E-state index contributed by atoms with van der Waals surface area (Å²) in [5.74, 6) is -0.446. The molecule has 0 aliphatic carbocycles. The van der Waals surface area contributed by atoms with Gasteiger partial charge < -0.3 is 10.4 Å². The number of hydrogen-bond acceptors (Lipinski definition) is 5. The molecular formula is C7H12N2O3S. The number of nitrogens with one attached hydrogen (secondary N) is 2. The van der Waals surface area contributed by atoms with Crippen LogP contribution in [0.2, 0.25) is 0 Å². The van der Waals surface area contributed by atoms with Gasteiger partial charge in [-0.1, -0.05) is 0 Å². The first-order valence-corrected chi connectivity index (χ1v) is 4.98. The maximum Gasteiger partial charge on any atom is 0.321 e. The third-order valence-electron chi connectivity index (χ3n) is 1.72. The average molecular weight is 204 g/mol. The lowest BCUT2D eigenvalue weighted by Crippen LogP contribution is -2.42. The van der Waals surface area contributed by atoms with E-state index in [9.17, 15) is 9.59 Å². The summed E-state index contributed by atoms with van der Waals surface area (Å²) in [5, 5.41) is 13.8. The van der Waals surface area contributed by atoms with Crippen LogP contribution in [0, 0.1) is 0 Å². The molecule has 3 N–H and O–H groups in total. The summed E-state index contributed by atoms with van der Waals surface area (Å²) in [5.41, 5.74) is 0. The van der Waals surface area contributed by atoms with Crippen LogP contribution < -0.4 is 10.6 Å². The highest BCUT2D eigenvalue weighted by Gasteiger charge is 2.32. The molecule has 0 aromatic heterocycles. The number of aliphatic carboxylic acids is 1. The normalized spacial score (nSPS) is 27.5. The number of hydrogen-bond donors (Lipinski definition) is 3. The van der Waals surface area contributed by atoms with Crippen LogP contribution in [0.3, 0.4) is 0 Å². The largest absolute Gasteiger partial charge is 0.480 e. The standard InChI is InChI=1S/C7H12N2O3S/c1-8-2-5(10)6-9-4(3-13-6)7(11)12/h4,6,8-9H,2-3H2,1H3,(H,11,12). The Bertz CT molecular complexity index is 222. The number of carboxylic acids is 1. The molecule has 6 heteroatoms. The van der Waals surface area contributed by atoms with Crippen molar-refractivity contribution < 1.29 is 14.7 Å². The molecule has 74 valence electrons. The molecule has 1 heterocycles. The molecule has 1 fully saturated rings. The van der Waals surface area contributed by atoms with E-state index in [4.69, 9.17) is 5.11 Å². The molecule has 1 aliphatic heterocycles. The summed E-state index contributed by atoms with van der Waals surface area (Å²) in [6, 6.07) is -0.587. The van der Waals surface area contributed by atoms with E-state index in [2.05, 4.69) is 10.6 Å². The van der Waals surface area contributed by atoms with E-state index in [1.807, 2.05) is 0 Å². The van der Waals surface area contributed by atoms with Gasteiger partial charge in [-0.2, -0.15) is 0 Å². The van der Waals surface area contributed by atoms with Crippen molar-refractivity contribution in [3.05, 3.63) is 0 Å². The van der Waals surface area contributed by atoms with Crippen LogP contribution in [-0.2, 0) is 9.59 Å². The van der Waals surface area contributed by atoms with Gasteiger partial charge in [0.15, 0.2) is 5.78 Å². The summed E-state index contributed by atoms with van der Waals surface area (Å²) in [6.45, 7) is 0.275. The van der Waals surface area contributed by atoms with Crippen molar-refractivity contribution >= 4 is 23.5 Å². The number of Topliss-reactive ketones (excluding diaryl/α,β-unsaturated/α-hetero) is 1. The predicted octanol–water partition coefficient (Wildman–Crippen LogP) is -1.11. The first kappa shape index (κ1) is 10.5. The van der Waals surface area contributed by atoms with Crippen LogP contribution in [0.1, 0.15) is 0 Å². The molecule has 0 radical (unpaired) electrons. The lowest BCUT2D eigenvalue weighted by molar-refractivity contribution is -0.138.